The SMILES string of the molecule is C/C=C(\C)C1(CCC)C(=O)NC(=O)NC1=O.[Na+]. The van der Waals surface area contributed by atoms with Crippen LogP contribution >= 0.6 is 0 Å². The van der Waals surface area contributed by atoms with E-state index in [0.29, 0.717) is 18.4 Å². The molecule has 1 saturated heterocycles. The number of barbiturate groups is 1. The van der Waals surface area contributed by atoms with Gasteiger partial charge in [0.15, 0.2) is 0 Å². The van der Waals surface area contributed by atoms with Gasteiger partial charge in [0, 0.05) is 0 Å². The van der Waals surface area contributed by atoms with Crippen molar-refractivity contribution in [3.05, 3.63) is 11.6 Å². The van der Waals surface area contributed by atoms with E-state index in [1.807, 2.05) is 6.92 Å². The third-order valence-corrected chi connectivity index (χ3v) is 2.96. The number of urea groups is 1. The fourth-order valence-corrected chi connectivity index (χ4v) is 1.96. The van der Waals surface area contributed by atoms with Crippen LogP contribution in [-0.2, 0) is 9.59 Å². The van der Waals surface area contributed by atoms with Crippen LogP contribution in [-0.4, -0.2) is 17.8 Å². The fourth-order valence-electron chi connectivity index (χ4n) is 1.96. The van der Waals surface area contributed by atoms with Crippen molar-refractivity contribution in [1.29, 1.82) is 0 Å². The van der Waals surface area contributed by atoms with E-state index < -0.39 is 23.3 Å². The number of imide groups is 2. The predicted molar refractivity (Wildman–Crippen MR) is 58.5 cm³/mol. The molecule has 0 spiro atoms. The summed E-state index contributed by atoms with van der Waals surface area (Å²) in [4.78, 5) is 34.8. The summed E-state index contributed by atoms with van der Waals surface area (Å²) in [5, 5.41) is 4.30. The Hall–Kier alpha value is -0.650. The summed E-state index contributed by atoms with van der Waals surface area (Å²) in [6.07, 6.45) is 2.80. The maximum atomic E-state index is 11.9. The Balaban J connectivity index is 0.00000256. The molecule has 0 aromatic rings. The molecule has 17 heavy (non-hydrogen) atoms. The number of amides is 4. The number of hydrogen-bond donors (Lipinski definition) is 2. The van der Waals surface area contributed by atoms with Gasteiger partial charge in [-0.2, -0.15) is 0 Å². The van der Waals surface area contributed by atoms with Gasteiger partial charge in [0.05, 0.1) is 0 Å². The zero-order chi connectivity index (χ0) is 12.3. The van der Waals surface area contributed by atoms with Crippen molar-refractivity contribution in [3.63, 3.8) is 0 Å². The zero-order valence-corrected chi connectivity index (χ0v) is 12.7. The van der Waals surface area contributed by atoms with E-state index in [1.54, 1.807) is 19.9 Å². The third kappa shape index (κ3) is 2.78. The number of rotatable bonds is 3. The molecule has 0 atom stereocenters. The van der Waals surface area contributed by atoms with Crippen molar-refractivity contribution >= 4 is 17.8 Å². The molecule has 0 saturated carbocycles. The standard InChI is InChI=1S/C11H16N2O3.Na/c1-4-6-11(7(3)5-2)8(14)12-10(16)13-9(11)15;/h5H,4,6H2,1-3H3,(H2,12,13,14,15,16);/q;+1/b7-5+;. The Morgan fingerprint density at radius 3 is 2.06 bits per heavy atom. The summed E-state index contributed by atoms with van der Waals surface area (Å²) in [5.74, 6) is -1.06. The average molecular weight is 247 g/mol. The molecule has 88 valence electrons. The smallest absolute Gasteiger partial charge is 0.277 e. The van der Waals surface area contributed by atoms with Gasteiger partial charge in [-0.3, -0.25) is 20.2 Å². The van der Waals surface area contributed by atoms with Gasteiger partial charge in [-0.05, 0) is 20.3 Å². The summed E-state index contributed by atoms with van der Waals surface area (Å²) in [6.45, 7) is 5.38. The quantitative estimate of drug-likeness (QED) is 0.348. The molecule has 1 heterocycles. The fraction of sp³-hybridized carbons (Fsp3) is 0.545. The van der Waals surface area contributed by atoms with Crippen LogP contribution in [0.5, 0.6) is 0 Å². The van der Waals surface area contributed by atoms with Crippen molar-refractivity contribution in [3.8, 4) is 0 Å². The molecule has 1 aliphatic heterocycles. The molecule has 6 heteroatoms. The first-order valence-electron chi connectivity index (χ1n) is 5.29. The first-order chi connectivity index (χ1) is 7.48. The van der Waals surface area contributed by atoms with Crippen molar-refractivity contribution in [2.75, 3.05) is 0 Å². The first kappa shape index (κ1) is 16.4. The van der Waals surface area contributed by atoms with Crippen LogP contribution in [0.25, 0.3) is 0 Å². The molecular weight excluding hydrogens is 231 g/mol. The number of carbonyl (C=O) groups is 3. The molecule has 0 unspecified atom stereocenters. The van der Waals surface area contributed by atoms with Gasteiger partial charge in [-0.15, -0.1) is 0 Å². The van der Waals surface area contributed by atoms with Crippen molar-refractivity contribution in [2.45, 2.75) is 33.6 Å². The molecule has 5 nitrogen and oxygen atoms in total. The minimum atomic E-state index is -1.22. The van der Waals surface area contributed by atoms with Gasteiger partial charge in [0.25, 0.3) is 0 Å². The minimum absolute atomic E-state index is 0. The van der Waals surface area contributed by atoms with Gasteiger partial charge < -0.3 is 0 Å². The maximum Gasteiger partial charge on any atom is 1.00 e. The molecular formula is C11H16N2NaO3+. The summed E-state index contributed by atoms with van der Waals surface area (Å²) < 4.78 is 0. The summed E-state index contributed by atoms with van der Waals surface area (Å²) >= 11 is 0. The Bertz CT molecular complexity index is 357. The molecule has 1 fully saturated rings. The second-order valence-corrected chi connectivity index (χ2v) is 3.86. The van der Waals surface area contributed by atoms with Gasteiger partial charge in [-0.25, -0.2) is 4.79 Å². The summed E-state index contributed by atoms with van der Waals surface area (Å²) in [7, 11) is 0. The largest absolute Gasteiger partial charge is 1.00 e. The van der Waals surface area contributed by atoms with Crippen molar-refractivity contribution in [1.82, 2.24) is 10.6 Å². The molecule has 1 aliphatic rings. The van der Waals surface area contributed by atoms with Crippen LogP contribution in [0.2, 0.25) is 0 Å². The Kier molecular flexibility index (Phi) is 6.09. The molecule has 0 radical (unpaired) electrons. The zero-order valence-electron chi connectivity index (χ0n) is 10.7. The Morgan fingerprint density at radius 2 is 1.71 bits per heavy atom. The summed E-state index contributed by atoms with van der Waals surface area (Å²) in [5.41, 5.74) is -0.561. The molecule has 0 bridgehead atoms. The Labute approximate surface area is 123 Å². The van der Waals surface area contributed by atoms with Crippen LogP contribution in [0.4, 0.5) is 4.79 Å². The molecule has 2 N–H and O–H groups in total. The van der Waals surface area contributed by atoms with E-state index in [9.17, 15) is 14.4 Å². The number of hydrogen-bond acceptors (Lipinski definition) is 3. The third-order valence-electron chi connectivity index (χ3n) is 2.96. The minimum Gasteiger partial charge on any atom is -0.277 e. The van der Waals surface area contributed by atoms with Crippen LogP contribution in [0.3, 0.4) is 0 Å². The van der Waals surface area contributed by atoms with E-state index in [-0.39, 0.29) is 29.6 Å². The van der Waals surface area contributed by atoms with Gasteiger partial charge in [0.2, 0.25) is 11.8 Å². The molecule has 0 aromatic heterocycles. The number of carbonyl (C=O) groups excluding carboxylic acids is 3. The van der Waals surface area contributed by atoms with E-state index >= 15 is 0 Å². The van der Waals surface area contributed by atoms with Gasteiger partial charge in [-0.1, -0.05) is 25.0 Å². The normalized spacial score (nSPS) is 19.2. The van der Waals surface area contributed by atoms with Crippen molar-refractivity contribution < 1.29 is 43.9 Å². The maximum absolute atomic E-state index is 11.9. The molecule has 1 rings (SSSR count). The molecule has 4 amide bonds. The number of allylic oxidation sites excluding steroid dienone is 1. The van der Waals surface area contributed by atoms with Crippen molar-refractivity contribution in [2.24, 2.45) is 5.41 Å². The van der Waals surface area contributed by atoms with E-state index in [1.165, 1.54) is 0 Å². The van der Waals surface area contributed by atoms with E-state index in [2.05, 4.69) is 10.6 Å². The van der Waals surface area contributed by atoms with Crippen LogP contribution in [0.1, 0.15) is 33.6 Å². The predicted octanol–water partition coefficient (Wildman–Crippen LogP) is -1.89. The monoisotopic (exact) mass is 247 g/mol. The van der Waals surface area contributed by atoms with Gasteiger partial charge >= 0.3 is 35.6 Å². The first-order valence-corrected chi connectivity index (χ1v) is 5.29. The van der Waals surface area contributed by atoms with Crippen LogP contribution < -0.4 is 40.2 Å². The average Bonchev–Trinajstić information content (AvgIpc) is 2.22. The van der Waals surface area contributed by atoms with E-state index in [0.717, 1.165) is 0 Å². The Morgan fingerprint density at radius 1 is 1.24 bits per heavy atom. The molecule has 0 aromatic carbocycles. The molecule has 0 aliphatic carbocycles. The van der Waals surface area contributed by atoms with Crippen LogP contribution in [0.15, 0.2) is 11.6 Å². The van der Waals surface area contributed by atoms with Crippen LogP contribution in [0, 0.1) is 5.41 Å². The second kappa shape index (κ2) is 6.33. The topological polar surface area (TPSA) is 75.3 Å². The number of nitrogens with one attached hydrogen (secondary N) is 2. The van der Waals surface area contributed by atoms with Gasteiger partial charge in [0.1, 0.15) is 5.41 Å². The van der Waals surface area contributed by atoms with E-state index in [4.69, 9.17) is 0 Å². The summed E-state index contributed by atoms with van der Waals surface area (Å²) in [6, 6.07) is -0.745. The second-order valence-electron chi connectivity index (χ2n) is 3.86.